The molecule has 0 bridgehead atoms. The summed E-state index contributed by atoms with van der Waals surface area (Å²) in [5.41, 5.74) is 0.356. The molecule has 0 spiro atoms. The van der Waals surface area contributed by atoms with Gasteiger partial charge in [0.05, 0.1) is 18.4 Å². The average molecular weight is 424 g/mol. The van der Waals surface area contributed by atoms with Crippen LogP contribution in [0.15, 0.2) is 72.4 Å². The van der Waals surface area contributed by atoms with E-state index in [4.69, 9.17) is 4.74 Å². The minimum absolute atomic E-state index is 0.0411. The zero-order chi connectivity index (χ0) is 22.1. The van der Waals surface area contributed by atoms with Gasteiger partial charge in [0.1, 0.15) is 17.3 Å². The normalized spacial score (nSPS) is 13.7. The highest BCUT2D eigenvalue weighted by Crippen LogP contribution is 2.37. The van der Waals surface area contributed by atoms with Crippen LogP contribution in [-0.2, 0) is 9.59 Å². The van der Waals surface area contributed by atoms with Crippen LogP contribution < -0.4 is 15.0 Å². The number of halogens is 3. The molecule has 0 radical (unpaired) electrons. The number of carbonyl (C=O) groups excluding carboxylic acids is 2. The lowest BCUT2D eigenvalue weighted by molar-refractivity contribution is -0.120. The molecule has 1 N–H and O–H groups in total. The van der Waals surface area contributed by atoms with E-state index < -0.39 is 29.3 Å². The Bertz CT molecular complexity index is 1220. The summed E-state index contributed by atoms with van der Waals surface area (Å²) in [6.07, 6.45) is 0. The third kappa shape index (κ3) is 3.63. The van der Waals surface area contributed by atoms with Gasteiger partial charge in [0.2, 0.25) is 0 Å². The lowest BCUT2D eigenvalue weighted by atomic mass is 10.0. The molecule has 0 atom stereocenters. The second kappa shape index (κ2) is 7.98. The van der Waals surface area contributed by atoms with Gasteiger partial charge >= 0.3 is 0 Å². The number of hydrogen-bond donors (Lipinski definition) is 1. The van der Waals surface area contributed by atoms with Crippen LogP contribution in [-0.4, -0.2) is 18.9 Å². The van der Waals surface area contributed by atoms with Crippen molar-refractivity contribution < 1.29 is 27.5 Å². The number of rotatable bonds is 5. The summed E-state index contributed by atoms with van der Waals surface area (Å²) in [7, 11) is 1.40. The van der Waals surface area contributed by atoms with E-state index in [0.29, 0.717) is 0 Å². The number of amides is 2. The molecule has 1 aliphatic heterocycles. The smallest absolute Gasteiger partial charge is 0.282 e. The van der Waals surface area contributed by atoms with Crippen LogP contribution in [0.1, 0.15) is 5.56 Å². The minimum Gasteiger partial charge on any atom is -0.495 e. The number of hydrogen-bond acceptors (Lipinski definition) is 4. The third-order valence-electron chi connectivity index (χ3n) is 4.73. The Morgan fingerprint density at radius 1 is 0.839 bits per heavy atom. The molecule has 31 heavy (non-hydrogen) atoms. The van der Waals surface area contributed by atoms with Crippen LogP contribution in [0.2, 0.25) is 0 Å². The van der Waals surface area contributed by atoms with Gasteiger partial charge in [0.15, 0.2) is 11.6 Å². The van der Waals surface area contributed by atoms with E-state index in [-0.39, 0.29) is 34.0 Å². The third-order valence-corrected chi connectivity index (χ3v) is 4.73. The topological polar surface area (TPSA) is 58.6 Å². The van der Waals surface area contributed by atoms with Crippen LogP contribution in [0.4, 0.5) is 24.5 Å². The molecule has 4 rings (SSSR count). The van der Waals surface area contributed by atoms with Crippen molar-refractivity contribution >= 4 is 28.8 Å². The first-order chi connectivity index (χ1) is 14.9. The standard InChI is InChI=1S/C23H15F3N2O3/c1-31-19-5-3-2-4-18(19)28-22(29)20(13-6-8-14(24)9-7-13)21(23(28)30)27-15-10-11-16(25)17(26)12-15/h2-12,27H,1H3. The van der Waals surface area contributed by atoms with Crippen LogP contribution in [0.25, 0.3) is 5.57 Å². The molecule has 3 aromatic rings. The fourth-order valence-electron chi connectivity index (χ4n) is 3.28. The highest BCUT2D eigenvalue weighted by atomic mass is 19.2. The molecule has 8 heteroatoms. The fourth-order valence-corrected chi connectivity index (χ4v) is 3.28. The summed E-state index contributed by atoms with van der Waals surface area (Å²) in [5.74, 6) is -3.80. The maximum absolute atomic E-state index is 13.7. The van der Waals surface area contributed by atoms with Gasteiger partial charge in [-0.2, -0.15) is 0 Å². The zero-order valence-corrected chi connectivity index (χ0v) is 16.2. The van der Waals surface area contributed by atoms with Crippen LogP contribution in [0.5, 0.6) is 5.75 Å². The molecule has 156 valence electrons. The number of nitrogens with zero attached hydrogens (tertiary/aromatic N) is 1. The van der Waals surface area contributed by atoms with E-state index in [9.17, 15) is 22.8 Å². The van der Waals surface area contributed by atoms with Gasteiger partial charge < -0.3 is 10.1 Å². The molecule has 1 heterocycles. The van der Waals surface area contributed by atoms with Gasteiger partial charge in [-0.1, -0.05) is 24.3 Å². The van der Waals surface area contributed by atoms with E-state index in [2.05, 4.69) is 5.32 Å². The van der Waals surface area contributed by atoms with E-state index in [1.807, 2.05) is 0 Å². The molecular formula is C23H15F3N2O3. The highest BCUT2D eigenvalue weighted by Gasteiger charge is 2.41. The van der Waals surface area contributed by atoms with Gasteiger partial charge in [-0.05, 0) is 42.0 Å². The second-order valence-electron chi connectivity index (χ2n) is 6.63. The summed E-state index contributed by atoms with van der Waals surface area (Å²) < 4.78 is 45.7. The van der Waals surface area contributed by atoms with Crippen molar-refractivity contribution in [2.45, 2.75) is 0 Å². The van der Waals surface area contributed by atoms with E-state index in [1.54, 1.807) is 18.2 Å². The van der Waals surface area contributed by atoms with Crippen LogP contribution in [0.3, 0.4) is 0 Å². The van der Waals surface area contributed by atoms with Gasteiger partial charge in [-0.3, -0.25) is 9.59 Å². The highest BCUT2D eigenvalue weighted by molar-refractivity contribution is 6.46. The Balaban J connectivity index is 1.84. The zero-order valence-electron chi connectivity index (χ0n) is 16.2. The number of benzene rings is 3. The predicted octanol–water partition coefficient (Wildman–Crippen LogP) is 4.51. The minimum atomic E-state index is -1.12. The number of anilines is 2. The van der Waals surface area contributed by atoms with Gasteiger partial charge in [-0.15, -0.1) is 0 Å². The number of ether oxygens (including phenoxy) is 1. The van der Waals surface area contributed by atoms with Crippen molar-refractivity contribution in [3.8, 4) is 5.75 Å². The number of methoxy groups -OCH3 is 1. The molecule has 1 aliphatic rings. The Labute approximate surface area is 175 Å². The Kier molecular flexibility index (Phi) is 5.21. The lowest BCUT2D eigenvalue weighted by Crippen LogP contribution is -2.32. The summed E-state index contributed by atoms with van der Waals surface area (Å²) >= 11 is 0. The largest absolute Gasteiger partial charge is 0.495 e. The second-order valence-corrected chi connectivity index (χ2v) is 6.63. The fraction of sp³-hybridized carbons (Fsp3) is 0.0435. The Morgan fingerprint density at radius 3 is 2.23 bits per heavy atom. The van der Waals surface area contributed by atoms with Gasteiger partial charge in [0.25, 0.3) is 11.8 Å². The monoisotopic (exact) mass is 424 g/mol. The summed E-state index contributed by atoms with van der Waals surface area (Å²) in [6, 6.07) is 14.5. The lowest BCUT2D eigenvalue weighted by Gasteiger charge is -2.18. The molecule has 0 aromatic heterocycles. The predicted molar refractivity (Wildman–Crippen MR) is 109 cm³/mol. The molecule has 2 amide bonds. The summed E-state index contributed by atoms with van der Waals surface area (Å²) in [4.78, 5) is 27.5. The number of nitrogens with one attached hydrogen (secondary N) is 1. The molecule has 5 nitrogen and oxygen atoms in total. The number of imide groups is 1. The van der Waals surface area contributed by atoms with E-state index in [0.717, 1.165) is 29.2 Å². The van der Waals surface area contributed by atoms with Crippen molar-refractivity contribution in [2.24, 2.45) is 0 Å². The van der Waals surface area contributed by atoms with Crippen molar-refractivity contribution in [1.29, 1.82) is 0 Å². The molecule has 0 unspecified atom stereocenters. The van der Waals surface area contributed by atoms with Gasteiger partial charge in [0, 0.05) is 11.8 Å². The Morgan fingerprint density at radius 2 is 1.55 bits per heavy atom. The van der Waals surface area contributed by atoms with Crippen LogP contribution >= 0.6 is 0 Å². The van der Waals surface area contributed by atoms with Gasteiger partial charge in [-0.25, -0.2) is 18.1 Å². The van der Waals surface area contributed by atoms with Crippen molar-refractivity contribution in [3.63, 3.8) is 0 Å². The molecule has 0 fully saturated rings. The first-order valence-corrected chi connectivity index (χ1v) is 9.15. The average Bonchev–Trinajstić information content (AvgIpc) is 3.01. The van der Waals surface area contributed by atoms with Crippen molar-refractivity contribution in [2.75, 3.05) is 17.3 Å². The number of carbonyl (C=O) groups is 2. The molecule has 3 aromatic carbocycles. The maximum Gasteiger partial charge on any atom is 0.282 e. The molecule has 0 saturated heterocycles. The quantitative estimate of drug-likeness (QED) is 0.613. The van der Waals surface area contributed by atoms with Crippen molar-refractivity contribution in [1.82, 2.24) is 0 Å². The SMILES string of the molecule is COc1ccccc1N1C(=O)C(Nc2ccc(F)c(F)c2)=C(c2ccc(F)cc2)C1=O. The Hall–Kier alpha value is -4.07. The van der Waals surface area contributed by atoms with Crippen LogP contribution in [0, 0.1) is 17.5 Å². The first-order valence-electron chi connectivity index (χ1n) is 9.15. The summed E-state index contributed by atoms with van der Waals surface area (Å²) in [5, 5.41) is 2.72. The van der Waals surface area contributed by atoms with E-state index >= 15 is 0 Å². The molecule has 0 aliphatic carbocycles. The summed E-state index contributed by atoms with van der Waals surface area (Å²) in [6.45, 7) is 0. The number of para-hydroxylation sites is 2. The molecular weight excluding hydrogens is 409 g/mol. The van der Waals surface area contributed by atoms with Crippen molar-refractivity contribution in [3.05, 3.63) is 95.4 Å². The van der Waals surface area contributed by atoms with E-state index in [1.165, 1.54) is 31.4 Å². The molecule has 0 saturated carbocycles. The maximum atomic E-state index is 13.7. The first kappa shape index (κ1) is 20.2.